The predicted octanol–water partition coefficient (Wildman–Crippen LogP) is 1.36. The first-order valence-electron chi connectivity index (χ1n) is 6.34. The van der Waals surface area contributed by atoms with E-state index in [1.54, 1.807) is 24.3 Å². The number of ether oxygens (including phenoxy) is 1. The third kappa shape index (κ3) is 3.54. The highest BCUT2D eigenvalue weighted by Crippen LogP contribution is 2.18. The van der Waals surface area contributed by atoms with Crippen LogP contribution in [-0.4, -0.2) is 30.2 Å². The standard InChI is InChI=1S/C14H17NO4/c16-13(11-6-8-19-9-7-11)15-12(14(17)18)10-4-2-1-3-5-10/h1-5,11-12H,6-9H2,(H,15,16)(H,17,18)/t12-/m0/s1. The summed E-state index contributed by atoms with van der Waals surface area (Å²) in [5.74, 6) is -1.41. The average molecular weight is 263 g/mol. The van der Waals surface area contributed by atoms with Crippen LogP contribution in [0.4, 0.5) is 0 Å². The molecule has 0 saturated carbocycles. The molecule has 0 aromatic heterocycles. The van der Waals surface area contributed by atoms with Gasteiger partial charge in [0.1, 0.15) is 0 Å². The van der Waals surface area contributed by atoms with Crippen molar-refractivity contribution in [2.75, 3.05) is 13.2 Å². The van der Waals surface area contributed by atoms with Crippen molar-refractivity contribution in [2.45, 2.75) is 18.9 Å². The van der Waals surface area contributed by atoms with E-state index in [4.69, 9.17) is 4.74 Å². The second-order valence-corrected chi connectivity index (χ2v) is 4.58. The highest BCUT2D eigenvalue weighted by atomic mass is 16.5. The normalized spacial score (nSPS) is 17.7. The van der Waals surface area contributed by atoms with E-state index in [1.807, 2.05) is 6.07 Å². The van der Waals surface area contributed by atoms with Gasteiger partial charge in [0, 0.05) is 19.1 Å². The number of hydrogen-bond donors (Lipinski definition) is 2. The third-order valence-electron chi connectivity index (χ3n) is 3.26. The fourth-order valence-electron chi connectivity index (χ4n) is 2.15. The SMILES string of the molecule is O=C(N[C@H](C(=O)O)c1ccccc1)C1CCOCC1. The first-order chi connectivity index (χ1) is 9.18. The molecule has 1 aliphatic rings. The van der Waals surface area contributed by atoms with Gasteiger partial charge in [0.05, 0.1) is 0 Å². The van der Waals surface area contributed by atoms with Crippen molar-refractivity contribution in [1.29, 1.82) is 0 Å². The second kappa shape index (κ2) is 6.33. The molecule has 1 aliphatic heterocycles. The Labute approximate surface area is 111 Å². The largest absolute Gasteiger partial charge is 0.479 e. The van der Waals surface area contributed by atoms with E-state index >= 15 is 0 Å². The van der Waals surface area contributed by atoms with Crippen LogP contribution >= 0.6 is 0 Å². The Morgan fingerprint density at radius 3 is 2.42 bits per heavy atom. The number of nitrogens with one attached hydrogen (secondary N) is 1. The highest BCUT2D eigenvalue weighted by Gasteiger charge is 2.27. The fourth-order valence-corrected chi connectivity index (χ4v) is 2.15. The van der Waals surface area contributed by atoms with Crippen LogP contribution in [-0.2, 0) is 14.3 Å². The first-order valence-corrected chi connectivity index (χ1v) is 6.34. The van der Waals surface area contributed by atoms with Crippen LogP contribution in [0.5, 0.6) is 0 Å². The number of aliphatic carboxylic acids is 1. The molecule has 1 fully saturated rings. The molecule has 1 amide bonds. The van der Waals surface area contributed by atoms with Gasteiger partial charge in [-0.2, -0.15) is 0 Å². The van der Waals surface area contributed by atoms with Crippen molar-refractivity contribution in [3.63, 3.8) is 0 Å². The molecule has 5 nitrogen and oxygen atoms in total. The van der Waals surface area contributed by atoms with Crippen molar-refractivity contribution >= 4 is 11.9 Å². The van der Waals surface area contributed by atoms with Crippen LogP contribution in [0.25, 0.3) is 0 Å². The molecule has 0 bridgehead atoms. The molecule has 102 valence electrons. The summed E-state index contributed by atoms with van der Waals surface area (Å²) in [5.41, 5.74) is 0.579. The van der Waals surface area contributed by atoms with Gasteiger partial charge in [-0.25, -0.2) is 4.79 Å². The van der Waals surface area contributed by atoms with Crippen LogP contribution in [0, 0.1) is 5.92 Å². The molecule has 2 N–H and O–H groups in total. The van der Waals surface area contributed by atoms with Crippen molar-refractivity contribution in [3.05, 3.63) is 35.9 Å². The van der Waals surface area contributed by atoms with E-state index in [0.29, 0.717) is 31.6 Å². The number of hydrogen-bond acceptors (Lipinski definition) is 3. The molecule has 5 heteroatoms. The second-order valence-electron chi connectivity index (χ2n) is 4.58. The van der Waals surface area contributed by atoms with Gasteiger partial charge in [0.15, 0.2) is 6.04 Å². The first kappa shape index (κ1) is 13.5. The van der Waals surface area contributed by atoms with Crippen molar-refractivity contribution in [2.24, 2.45) is 5.92 Å². The lowest BCUT2D eigenvalue weighted by Crippen LogP contribution is -2.39. The summed E-state index contributed by atoms with van der Waals surface area (Å²) < 4.78 is 5.19. The van der Waals surface area contributed by atoms with Gasteiger partial charge in [-0.3, -0.25) is 4.79 Å². The van der Waals surface area contributed by atoms with E-state index in [9.17, 15) is 14.7 Å². The van der Waals surface area contributed by atoms with Gasteiger partial charge < -0.3 is 15.2 Å². The van der Waals surface area contributed by atoms with Crippen molar-refractivity contribution in [3.8, 4) is 0 Å². The summed E-state index contributed by atoms with van der Waals surface area (Å²) in [4.78, 5) is 23.3. The fraction of sp³-hybridized carbons (Fsp3) is 0.429. The summed E-state index contributed by atoms with van der Waals surface area (Å²) in [6.45, 7) is 1.11. The smallest absolute Gasteiger partial charge is 0.330 e. The Morgan fingerprint density at radius 2 is 1.84 bits per heavy atom. The van der Waals surface area contributed by atoms with Gasteiger partial charge in [-0.1, -0.05) is 30.3 Å². The van der Waals surface area contributed by atoms with Crippen molar-refractivity contribution in [1.82, 2.24) is 5.32 Å². The van der Waals surface area contributed by atoms with E-state index in [2.05, 4.69) is 5.32 Å². The molecule has 0 radical (unpaired) electrons. The molecule has 1 aromatic carbocycles. The number of rotatable bonds is 4. The monoisotopic (exact) mass is 263 g/mol. The van der Waals surface area contributed by atoms with Crippen LogP contribution in [0.15, 0.2) is 30.3 Å². The summed E-state index contributed by atoms with van der Waals surface area (Å²) in [7, 11) is 0. The van der Waals surface area contributed by atoms with Gasteiger partial charge >= 0.3 is 5.97 Å². The summed E-state index contributed by atoms with van der Waals surface area (Å²) in [6, 6.07) is 7.73. The van der Waals surface area contributed by atoms with E-state index < -0.39 is 12.0 Å². The Kier molecular flexibility index (Phi) is 4.52. The van der Waals surface area contributed by atoms with E-state index in [1.165, 1.54) is 0 Å². The van der Waals surface area contributed by atoms with Crippen LogP contribution < -0.4 is 5.32 Å². The van der Waals surface area contributed by atoms with Gasteiger partial charge in [-0.05, 0) is 18.4 Å². The highest BCUT2D eigenvalue weighted by molar-refractivity contribution is 5.85. The molecule has 19 heavy (non-hydrogen) atoms. The topological polar surface area (TPSA) is 75.6 Å². The lowest BCUT2D eigenvalue weighted by Gasteiger charge is -2.23. The van der Waals surface area contributed by atoms with Crippen LogP contribution in [0.2, 0.25) is 0 Å². The minimum Gasteiger partial charge on any atom is -0.479 e. The number of carboxylic acids is 1. The maximum Gasteiger partial charge on any atom is 0.330 e. The minimum absolute atomic E-state index is 0.153. The Bertz CT molecular complexity index is 440. The van der Waals surface area contributed by atoms with Gasteiger partial charge in [0.25, 0.3) is 0 Å². The Balaban J connectivity index is 2.04. The zero-order valence-corrected chi connectivity index (χ0v) is 10.5. The lowest BCUT2D eigenvalue weighted by molar-refractivity contribution is -0.143. The van der Waals surface area contributed by atoms with E-state index in [-0.39, 0.29) is 11.8 Å². The van der Waals surface area contributed by atoms with E-state index in [0.717, 1.165) is 0 Å². The Hall–Kier alpha value is -1.88. The summed E-state index contributed by atoms with van der Waals surface area (Å²) in [6.07, 6.45) is 1.29. The molecule has 0 unspecified atom stereocenters. The molecule has 0 aliphatic carbocycles. The molecular formula is C14H17NO4. The number of benzene rings is 1. The number of carbonyl (C=O) groups is 2. The zero-order valence-electron chi connectivity index (χ0n) is 10.5. The summed E-state index contributed by atoms with van der Waals surface area (Å²) >= 11 is 0. The van der Waals surface area contributed by atoms with Crippen molar-refractivity contribution < 1.29 is 19.4 Å². The molecule has 1 heterocycles. The zero-order chi connectivity index (χ0) is 13.7. The number of carbonyl (C=O) groups excluding carboxylic acids is 1. The van der Waals surface area contributed by atoms with Crippen LogP contribution in [0.3, 0.4) is 0 Å². The maximum atomic E-state index is 12.1. The third-order valence-corrected chi connectivity index (χ3v) is 3.26. The molecule has 1 aromatic rings. The predicted molar refractivity (Wildman–Crippen MR) is 68.5 cm³/mol. The summed E-state index contributed by atoms with van der Waals surface area (Å²) in [5, 5.41) is 11.8. The average Bonchev–Trinajstić information content (AvgIpc) is 2.46. The van der Waals surface area contributed by atoms with Gasteiger partial charge in [-0.15, -0.1) is 0 Å². The lowest BCUT2D eigenvalue weighted by atomic mass is 9.98. The van der Waals surface area contributed by atoms with Crippen LogP contribution in [0.1, 0.15) is 24.4 Å². The quantitative estimate of drug-likeness (QED) is 0.860. The molecule has 1 saturated heterocycles. The number of amides is 1. The maximum absolute atomic E-state index is 12.1. The minimum atomic E-state index is -1.05. The molecular weight excluding hydrogens is 246 g/mol. The van der Waals surface area contributed by atoms with Gasteiger partial charge in [0.2, 0.25) is 5.91 Å². The molecule has 1 atom stereocenters. The number of carboxylic acid groups (broad SMARTS) is 1. The Morgan fingerprint density at radius 1 is 1.21 bits per heavy atom. The molecule has 2 rings (SSSR count). The molecule has 0 spiro atoms.